The Morgan fingerprint density at radius 2 is 1.63 bits per heavy atom. The predicted octanol–water partition coefficient (Wildman–Crippen LogP) is 6.73. The van der Waals surface area contributed by atoms with Crippen molar-refractivity contribution in [3.63, 3.8) is 0 Å². The van der Waals surface area contributed by atoms with Gasteiger partial charge in [-0.1, -0.05) is 75.4 Å². The molecule has 1 aromatic carbocycles. The number of ketones is 1. The first-order valence-electron chi connectivity index (χ1n) is 10.7. The Morgan fingerprint density at radius 1 is 1.03 bits per heavy atom. The summed E-state index contributed by atoms with van der Waals surface area (Å²) in [5.41, 5.74) is 3.40. The molecule has 1 rings (SSSR count). The van der Waals surface area contributed by atoms with Crippen LogP contribution in [-0.2, 0) is 22.4 Å². The van der Waals surface area contributed by atoms with Crippen molar-refractivity contribution < 1.29 is 14.7 Å². The van der Waals surface area contributed by atoms with Crippen molar-refractivity contribution in [2.75, 3.05) is 0 Å². The highest BCUT2D eigenvalue weighted by atomic mass is 16.4. The van der Waals surface area contributed by atoms with Crippen LogP contribution in [0.4, 0.5) is 0 Å². The summed E-state index contributed by atoms with van der Waals surface area (Å²) in [6, 6.07) is 8.26. The molecule has 0 aromatic heterocycles. The number of allylic oxidation sites excluding steroid dienone is 5. The molecule has 1 atom stereocenters. The number of carbonyl (C=O) groups excluding carboxylic acids is 1. The minimum Gasteiger partial charge on any atom is -0.481 e. The smallest absolute Gasteiger partial charge is 0.310 e. The van der Waals surface area contributed by atoms with Crippen molar-refractivity contribution in [2.24, 2.45) is 10.8 Å². The summed E-state index contributed by atoms with van der Waals surface area (Å²) in [7, 11) is 0. The van der Waals surface area contributed by atoms with Gasteiger partial charge in [0.15, 0.2) is 0 Å². The van der Waals surface area contributed by atoms with E-state index in [0.717, 1.165) is 23.1 Å². The van der Waals surface area contributed by atoms with Crippen LogP contribution >= 0.6 is 0 Å². The summed E-state index contributed by atoms with van der Waals surface area (Å²) in [6.45, 7) is 15.8. The number of aliphatic carboxylic acids is 1. The monoisotopic (exact) mass is 410 g/mol. The van der Waals surface area contributed by atoms with E-state index in [-0.39, 0.29) is 11.2 Å². The minimum atomic E-state index is -0.945. The van der Waals surface area contributed by atoms with Crippen molar-refractivity contribution in [1.29, 1.82) is 0 Å². The zero-order chi connectivity index (χ0) is 22.9. The molecule has 0 saturated carbocycles. The second-order valence-electron chi connectivity index (χ2n) is 9.77. The zero-order valence-corrected chi connectivity index (χ0v) is 19.5. The maximum absolute atomic E-state index is 12.2. The van der Waals surface area contributed by atoms with Crippen molar-refractivity contribution >= 4 is 11.8 Å². The molecular formula is C27H38O3. The number of rotatable bonds is 11. The van der Waals surface area contributed by atoms with E-state index >= 15 is 0 Å². The third-order valence-electron chi connectivity index (χ3n) is 5.20. The fourth-order valence-electron chi connectivity index (χ4n) is 3.62. The molecule has 1 unspecified atom stereocenters. The summed E-state index contributed by atoms with van der Waals surface area (Å²) >= 11 is 0. The molecule has 0 aliphatic heterocycles. The van der Waals surface area contributed by atoms with Crippen LogP contribution in [-0.4, -0.2) is 16.9 Å². The van der Waals surface area contributed by atoms with E-state index in [0.29, 0.717) is 25.7 Å². The van der Waals surface area contributed by atoms with Crippen LogP contribution in [0, 0.1) is 10.8 Å². The molecule has 0 spiro atoms. The van der Waals surface area contributed by atoms with Crippen LogP contribution in [0.5, 0.6) is 0 Å². The summed E-state index contributed by atoms with van der Waals surface area (Å²) in [4.78, 5) is 23.5. The standard InChI is InChI=1S/C27H38O3/c1-8-21(14-13-20(3)28)15-22(9-2)18-27(7,25(29)30)19-24-12-10-11-23(16-24)17-26(4,5)6/h8-12,15-16H,2,13-14,17-19H2,1,3-7H3,(H,29,30)/b21-8-,22-15+. The second-order valence-corrected chi connectivity index (χ2v) is 9.77. The van der Waals surface area contributed by atoms with Crippen LogP contribution in [0.25, 0.3) is 0 Å². The average Bonchev–Trinajstić information content (AvgIpc) is 2.62. The SMILES string of the molecule is C=C/C(=C\C(=C/C)CCC(C)=O)CC(C)(Cc1cccc(CC(C)(C)C)c1)C(=O)O. The fourth-order valence-corrected chi connectivity index (χ4v) is 3.62. The van der Waals surface area contributed by atoms with Gasteiger partial charge in [-0.2, -0.15) is 0 Å². The van der Waals surface area contributed by atoms with E-state index in [4.69, 9.17) is 0 Å². The van der Waals surface area contributed by atoms with Gasteiger partial charge in [0.05, 0.1) is 5.41 Å². The predicted molar refractivity (Wildman–Crippen MR) is 126 cm³/mol. The minimum absolute atomic E-state index is 0.147. The zero-order valence-electron chi connectivity index (χ0n) is 19.5. The lowest BCUT2D eigenvalue weighted by atomic mass is 9.77. The molecule has 3 nitrogen and oxygen atoms in total. The molecule has 3 heteroatoms. The Bertz CT molecular complexity index is 821. The normalized spacial score (nSPS) is 14.9. The third kappa shape index (κ3) is 8.94. The van der Waals surface area contributed by atoms with Gasteiger partial charge in [-0.05, 0) is 68.6 Å². The molecule has 0 heterocycles. The second kappa shape index (κ2) is 11.1. The van der Waals surface area contributed by atoms with Crippen molar-refractivity contribution in [1.82, 2.24) is 0 Å². The van der Waals surface area contributed by atoms with Crippen molar-refractivity contribution in [2.45, 2.75) is 73.6 Å². The molecule has 1 N–H and O–H groups in total. The highest BCUT2D eigenvalue weighted by molar-refractivity contribution is 5.76. The lowest BCUT2D eigenvalue weighted by Crippen LogP contribution is -2.30. The summed E-state index contributed by atoms with van der Waals surface area (Å²) in [6.07, 6.45) is 8.60. The number of Topliss-reactive ketones (excluding diaryl/α,β-unsaturated/α-hetero) is 1. The molecule has 0 saturated heterocycles. The molecule has 1 aromatic rings. The molecule has 30 heavy (non-hydrogen) atoms. The van der Waals surface area contributed by atoms with Gasteiger partial charge in [-0.25, -0.2) is 0 Å². The van der Waals surface area contributed by atoms with E-state index in [1.807, 2.05) is 31.2 Å². The number of hydrogen-bond donors (Lipinski definition) is 1. The van der Waals surface area contributed by atoms with Gasteiger partial charge >= 0.3 is 5.97 Å². The molecule has 0 fully saturated rings. The van der Waals surface area contributed by atoms with E-state index in [9.17, 15) is 14.7 Å². The number of carboxylic acids is 1. The first kappa shape index (κ1) is 25.6. The van der Waals surface area contributed by atoms with E-state index < -0.39 is 11.4 Å². The average molecular weight is 411 g/mol. The Kier molecular flexibility index (Phi) is 9.48. The van der Waals surface area contributed by atoms with Gasteiger partial charge in [-0.15, -0.1) is 0 Å². The Balaban J connectivity index is 3.10. The molecule has 0 amide bonds. The number of hydrogen-bond acceptors (Lipinski definition) is 2. The lowest BCUT2D eigenvalue weighted by molar-refractivity contribution is -0.147. The largest absolute Gasteiger partial charge is 0.481 e. The summed E-state index contributed by atoms with van der Waals surface area (Å²) in [5.74, 6) is -0.671. The van der Waals surface area contributed by atoms with Crippen LogP contribution in [0.15, 0.2) is 60.2 Å². The van der Waals surface area contributed by atoms with Crippen LogP contribution in [0.2, 0.25) is 0 Å². The molecule has 0 aliphatic carbocycles. The van der Waals surface area contributed by atoms with E-state index in [1.54, 1.807) is 19.9 Å². The van der Waals surface area contributed by atoms with Crippen molar-refractivity contribution in [3.05, 3.63) is 71.3 Å². The molecule has 164 valence electrons. The van der Waals surface area contributed by atoms with E-state index in [1.165, 1.54) is 5.56 Å². The topological polar surface area (TPSA) is 54.4 Å². The highest BCUT2D eigenvalue weighted by Gasteiger charge is 2.34. The Morgan fingerprint density at radius 3 is 2.10 bits per heavy atom. The Labute approximate surface area is 182 Å². The van der Waals surface area contributed by atoms with Gasteiger partial charge in [0.25, 0.3) is 0 Å². The third-order valence-corrected chi connectivity index (χ3v) is 5.20. The fraction of sp³-hybridized carbons (Fsp3) is 0.481. The summed E-state index contributed by atoms with van der Waals surface area (Å²) in [5, 5.41) is 10.0. The van der Waals surface area contributed by atoms with Gasteiger partial charge in [0, 0.05) is 6.42 Å². The number of carboxylic acid groups (broad SMARTS) is 1. The molecule has 0 radical (unpaired) electrons. The van der Waals surface area contributed by atoms with Gasteiger partial charge < -0.3 is 9.90 Å². The van der Waals surface area contributed by atoms with Crippen LogP contribution in [0.1, 0.15) is 71.9 Å². The number of benzene rings is 1. The lowest BCUT2D eigenvalue weighted by Gasteiger charge is -2.26. The number of carbonyl (C=O) groups is 2. The first-order valence-corrected chi connectivity index (χ1v) is 10.7. The summed E-state index contributed by atoms with van der Waals surface area (Å²) < 4.78 is 0. The quantitative estimate of drug-likeness (QED) is 0.412. The first-order chi connectivity index (χ1) is 13.9. The van der Waals surface area contributed by atoms with Gasteiger partial charge in [-0.3, -0.25) is 4.79 Å². The molecule has 0 aliphatic rings. The van der Waals surface area contributed by atoms with E-state index in [2.05, 4.69) is 39.5 Å². The van der Waals surface area contributed by atoms with Gasteiger partial charge in [0.1, 0.15) is 5.78 Å². The van der Waals surface area contributed by atoms with Crippen LogP contribution < -0.4 is 0 Å². The maximum Gasteiger partial charge on any atom is 0.310 e. The van der Waals surface area contributed by atoms with Crippen molar-refractivity contribution in [3.8, 4) is 0 Å². The highest BCUT2D eigenvalue weighted by Crippen LogP contribution is 2.33. The maximum atomic E-state index is 12.2. The Hall–Kier alpha value is -2.42. The van der Waals surface area contributed by atoms with Crippen LogP contribution in [0.3, 0.4) is 0 Å². The molecule has 0 bridgehead atoms. The van der Waals surface area contributed by atoms with Gasteiger partial charge in [0.2, 0.25) is 0 Å². The molecular weight excluding hydrogens is 372 g/mol.